The van der Waals surface area contributed by atoms with Crippen LogP contribution in [0.1, 0.15) is 30.2 Å². The number of ether oxygens (including phenoxy) is 1. The van der Waals surface area contributed by atoms with Gasteiger partial charge in [-0.1, -0.05) is 12.1 Å². The van der Waals surface area contributed by atoms with Gasteiger partial charge in [0.25, 0.3) is 5.91 Å². The summed E-state index contributed by atoms with van der Waals surface area (Å²) in [6.07, 6.45) is 3.99. The first-order valence-electron chi connectivity index (χ1n) is 8.44. The maximum Gasteiger partial charge on any atom is 0.258 e. The van der Waals surface area contributed by atoms with E-state index < -0.39 is 0 Å². The van der Waals surface area contributed by atoms with Crippen molar-refractivity contribution in [1.82, 2.24) is 10.2 Å². The van der Waals surface area contributed by atoms with E-state index in [4.69, 9.17) is 14.4 Å². The van der Waals surface area contributed by atoms with Gasteiger partial charge in [0.1, 0.15) is 17.6 Å². The van der Waals surface area contributed by atoms with Crippen molar-refractivity contribution in [1.29, 1.82) is 5.26 Å². The molecule has 0 saturated carbocycles. The van der Waals surface area contributed by atoms with Gasteiger partial charge < -0.3 is 14.5 Å². The van der Waals surface area contributed by atoms with E-state index in [1.807, 2.05) is 18.2 Å². The summed E-state index contributed by atoms with van der Waals surface area (Å²) in [5, 5.41) is 11.9. The molecule has 0 spiro atoms. The van der Waals surface area contributed by atoms with Gasteiger partial charge in [0, 0.05) is 6.54 Å². The fourth-order valence-electron chi connectivity index (χ4n) is 3.03. The maximum absolute atomic E-state index is 12.1. The second kappa shape index (κ2) is 8.36. The van der Waals surface area contributed by atoms with Crippen LogP contribution in [0.15, 0.2) is 47.1 Å². The van der Waals surface area contributed by atoms with Crippen LogP contribution in [0.4, 0.5) is 0 Å². The minimum Gasteiger partial charge on any atom is -0.482 e. The van der Waals surface area contributed by atoms with Crippen molar-refractivity contribution < 1.29 is 13.9 Å². The van der Waals surface area contributed by atoms with Gasteiger partial charge in [-0.15, -0.1) is 0 Å². The minimum absolute atomic E-state index is 0.0350. The summed E-state index contributed by atoms with van der Waals surface area (Å²) in [5.41, 5.74) is 0.417. The minimum atomic E-state index is -0.219. The molecule has 6 heteroatoms. The molecular weight excluding hydrogens is 318 g/mol. The summed E-state index contributed by atoms with van der Waals surface area (Å²) < 4.78 is 11.0. The number of nitrogens with zero attached hydrogens (tertiary/aromatic N) is 2. The lowest BCUT2D eigenvalue weighted by atomic mass is 10.2. The summed E-state index contributed by atoms with van der Waals surface area (Å²) in [6.45, 7) is 2.36. The number of carbonyl (C=O) groups excluding carboxylic acids is 1. The van der Waals surface area contributed by atoms with Crippen LogP contribution in [0, 0.1) is 11.3 Å². The first-order valence-corrected chi connectivity index (χ1v) is 8.44. The Kier molecular flexibility index (Phi) is 5.70. The Morgan fingerprint density at radius 1 is 1.28 bits per heavy atom. The molecule has 1 N–H and O–H groups in total. The van der Waals surface area contributed by atoms with Crippen LogP contribution in [0.2, 0.25) is 0 Å². The van der Waals surface area contributed by atoms with Crippen LogP contribution >= 0.6 is 0 Å². The topological polar surface area (TPSA) is 78.5 Å². The summed E-state index contributed by atoms with van der Waals surface area (Å²) >= 11 is 0. The fourth-order valence-corrected chi connectivity index (χ4v) is 3.03. The Balaban J connectivity index is 1.54. The van der Waals surface area contributed by atoms with Crippen molar-refractivity contribution in [3.8, 4) is 11.8 Å². The predicted molar refractivity (Wildman–Crippen MR) is 91.9 cm³/mol. The van der Waals surface area contributed by atoms with Crippen molar-refractivity contribution in [3.05, 3.63) is 54.0 Å². The van der Waals surface area contributed by atoms with Crippen molar-refractivity contribution in [3.63, 3.8) is 0 Å². The molecule has 6 nitrogen and oxygen atoms in total. The van der Waals surface area contributed by atoms with Crippen molar-refractivity contribution >= 4 is 5.91 Å². The van der Waals surface area contributed by atoms with Crippen LogP contribution in [-0.2, 0) is 4.79 Å². The lowest BCUT2D eigenvalue weighted by Crippen LogP contribution is -2.38. The van der Waals surface area contributed by atoms with Gasteiger partial charge in [0.2, 0.25) is 0 Å². The van der Waals surface area contributed by atoms with E-state index in [0.717, 1.165) is 18.8 Å². The highest BCUT2D eigenvalue weighted by Crippen LogP contribution is 2.24. The molecule has 0 radical (unpaired) electrons. The third kappa shape index (κ3) is 4.40. The van der Waals surface area contributed by atoms with Gasteiger partial charge in [-0.05, 0) is 50.2 Å². The Labute approximate surface area is 147 Å². The zero-order valence-electron chi connectivity index (χ0n) is 14.0. The Morgan fingerprint density at radius 3 is 2.80 bits per heavy atom. The second-order valence-electron chi connectivity index (χ2n) is 5.98. The number of carbonyl (C=O) groups is 1. The lowest BCUT2D eigenvalue weighted by Gasteiger charge is -2.26. The van der Waals surface area contributed by atoms with Gasteiger partial charge in [-0.3, -0.25) is 9.69 Å². The molecule has 1 aliphatic heterocycles. The molecule has 1 amide bonds. The molecule has 1 unspecified atom stereocenters. The zero-order valence-corrected chi connectivity index (χ0v) is 14.0. The maximum atomic E-state index is 12.1. The van der Waals surface area contributed by atoms with Gasteiger partial charge in [-0.2, -0.15) is 5.26 Å². The van der Waals surface area contributed by atoms with Crippen LogP contribution in [0.3, 0.4) is 0 Å². The molecule has 1 saturated heterocycles. The first-order chi connectivity index (χ1) is 12.3. The SMILES string of the molecule is N#Cc1ccccc1OCC(=O)NCC(c1ccco1)N1CCCC1. The first kappa shape index (κ1) is 17.1. The average molecular weight is 339 g/mol. The van der Waals surface area contributed by atoms with Crippen molar-refractivity contribution in [2.75, 3.05) is 26.2 Å². The normalized spacial score (nSPS) is 15.5. The monoisotopic (exact) mass is 339 g/mol. The molecule has 2 heterocycles. The molecule has 1 aromatic carbocycles. The smallest absolute Gasteiger partial charge is 0.258 e. The van der Waals surface area contributed by atoms with E-state index in [2.05, 4.69) is 10.2 Å². The van der Waals surface area contributed by atoms with Crippen LogP contribution in [-0.4, -0.2) is 37.0 Å². The Hall–Kier alpha value is -2.78. The largest absolute Gasteiger partial charge is 0.482 e. The highest BCUT2D eigenvalue weighted by atomic mass is 16.5. The zero-order chi connectivity index (χ0) is 17.5. The molecule has 1 fully saturated rings. The summed E-state index contributed by atoms with van der Waals surface area (Å²) in [5.74, 6) is 1.06. The molecule has 130 valence electrons. The number of hydrogen-bond acceptors (Lipinski definition) is 5. The third-order valence-corrected chi connectivity index (χ3v) is 4.31. The summed E-state index contributed by atoms with van der Waals surface area (Å²) in [6, 6.07) is 12.8. The number of likely N-dealkylation sites (tertiary alicyclic amines) is 1. The van der Waals surface area contributed by atoms with E-state index in [9.17, 15) is 4.79 Å². The molecule has 0 aliphatic carbocycles. The number of furan rings is 1. The van der Waals surface area contributed by atoms with Gasteiger partial charge >= 0.3 is 0 Å². The molecule has 1 aromatic heterocycles. The molecular formula is C19H21N3O3. The van der Waals surface area contributed by atoms with E-state index >= 15 is 0 Å². The molecule has 1 aliphatic rings. The van der Waals surface area contributed by atoms with Gasteiger partial charge in [0.05, 0.1) is 17.9 Å². The average Bonchev–Trinajstić information content (AvgIpc) is 3.35. The third-order valence-electron chi connectivity index (χ3n) is 4.31. The highest BCUT2D eigenvalue weighted by Gasteiger charge is 2.25. The standard InChI is InChI=1S/C19H21N3O3/c20-12-15-6-1-2-7-17(15)25-14-19(23)21-13-16(18-8-5-11-24-18)22-9-3-4-10-22/h1-2,5-8,11,16H,3-4,9-10,13-14H2,(H,21,23). The number of benzene rings is 1. The lowest BCUT2D eigenvalue weighted by molar-refractivity contribution is -0.123. The molecule has 25 heavy (non-hydrogen) atoms. The predicted octanol–water partition coefficient (Wildman–Crippen LogP) is 2.48. The number of amides is 1. The van der Waals surface area contributed by atoms with Gasteiger partial charge in [-0.25, -0.2) is 0 Å². The molecule has 0 bridgehead atoms. The van der Waals surface area contributed by atoms with Crippen molar-refractivity contribution in [2.24, 2.45) is 0 Å². The number of nitrogens with one attached hydrogen (secondary N) is 1. The van der Waals surface area contributed by atoms with E-state index in [0.29, 0.717) is 17.9 Å². The highest BCUT2D eigenvalue weighted by molar-refractivity contribution is 5.77. The van der Waals surface area contributed by atoms with E-state index in [1.54, 1.807) is 30.5 Å². The molecule has 1 atom stereocenters. The van der Waals surface area contributed by atoms with Crippen LogP contribution in [0.25, 0.3) is 0 Å². The second-order valence-corrected chi connectivity index (χ2v) is 5.98. The number of hydrogen-bond donors (Lipinski definition) is 1. The number of rotatable bonds is 7. The fraction of sp³-hybridized carbons (Fsp3) is 0.368. The molecule has 2 aromatic rings. The Morgan fingerprint density at radius 2 is 2.08 bits per heavy atom. The quantitative estimate of drug-likeness (QED) is 0.838. The van der Waals surface area contributed by atoms with E-state index in [-0.39, 0.29) is 18.6 Å². The van der Waals surface area contributed by atoms with Crippen LogP contribution < -0.4 is 10.1 Å². The van der Waals surface area contributed by atoms with Crippen molar-refractivity contribution in [2.45, 2.75) is 18.9 Å². The summed E-state index contributed by atoms with van der Waals surface area (Å²) in [7, 11) is 0. The summed E-state index contributed by atoms with van der Waals surface area (Å²) in [4.78, 5) is 14.5. The molecule has 3 rings (SSSR count). The van der Waals surface area contributed by atoms with Crippen LogP contribution in [0.5, 0.6) is 5.75 Å². The Bertz CT molecular complexity index is 731. The van der Waals surface area contributed by atoms with Gasteiger partial charge in [0.15, 0.2) is 6.61 Å². The number of nitriles is 1. The van der Waals surface area contributed by atoms with E-state index in [1.165, 1.54) is 12.8 Å². The number of para-hydroxylation sites is 1.